The highest BCUT2D eigenvalue weighted by Crippen LogP contribution is 2.19. The van der Waals surface area contributed by atoms with E-state index in [1.54, 1.807) is 18.3 Å². The summed E-state index contributed by atoms with van der Waals surface area (Å²) in [4.78, 5) is 21.1. The van der Waals surface area contributed by atoms with Gasteiger partial charge in [-0.2, -0.15) is 0 Å². The Bertz CT molecular complexity index is 714. The quantitative estimate of drug-likeness (QED) is 0.806. The Kier molecular flexibility index (Phi) is 8.82. The number of halogens is 2. The molecule has 148 valence electrons. The topological polar surface area (TPSA) is 74.5 Å². The van der Waals surface area contributed by atoms with Gasteiger partial charge in [-0.3, -0.25) is 9.69 Å². The van der Waals surface area contributed by atoms with Crippen molar-refractivity contribution in [1.29, 1.82) is 0 Å². The lowest BCUT2D eigenvalue weighted by Gasteiger charge is -2.38. The first-order chi connectivity index (χ1) is 12.0. The van der Waals surface area contributed by atoms with E-state index in [4.69, 9.17) is 5.73 Å². The Morgan fingerprint density at radius 1 is 1.04 bits per heavy atom. The van der Waals surface area contributed by atoms with E-state index < -0.39 is 0 Å². The molecule has 3 rings (SSSR count). The molecule has 0 aliphatic carbocycles. The maximum absolute atomic E-state index is 12.3. The summed E-state index contributed by atoms with van der Waals surface area (Å²) in [5, 5.41) is 2.83. The van der Waals surface area contributed by atoms with Gasteiger partial charge < -0.3 is 16.0 Å². The molecule has 3 N–H and O–H groups in total. The van der Waals surface area contributed by atoms with Gasteiger partial charge in [0.2, 0.25) is 0 Å². The Hall–Kier alpha value is -2.02. The number of carbonyl (C=O) groups is 1. The van der Waals surface area contributed by atoms with Gasteiger partial charge in [0.1, 0.15) is 5.82 Å². The number of pyridine rings is 1. The Balaban J connectivity index is 0.00000182. The molecular weight excluding hydrogens is 385 g/mol. The second-order valence-corrected chi connectivity index (χ2v) is 6.59. The molecule has 0 saturated carbocycles. The third kappa shape index (κ3) is 5.99. The van der Waals surface area contributed by atoms with Crippen LogP contribution in [-0.2, 0) is 0 Å². The number of benzene rings is 1. The van der Waals surface area contributed by atoms with Gasteiger partial charge in [-0.15, -0.1) is 24.8 Å². The van der Waals surface area contributed by atoms with Gasteiger partial charge in [-0.25, -0.2) is 4.98 Å². The number of nitrogens with one attached hydrogen (secondary N) is 1. The molecule has 0 unspecified atom stereocenters. The van der Waals surface area contributed by atoms with E-state index in [1.807, 2.05) is 24.3 Å². The molecule has 1 aromatic heterocycles. The van der Waals surface area contributed by atoms with E-state index >= 15 is 0 Å². The number of nitrogen functional groups attached to an aromatic ring is 1. The number of piperazine rings is 1. The average molecular weight is 412 g/mol. The van der Waals surface area contributed by atoms with Gasteiger partial charge >= 0.3 is 0 Å². The molecule has 0 spiro atoms. The molecule has 8 heteroatoms. The van der Waals surface area contributed by atoms with Crippen LogP contribution in [0.1, 0.15) is 24.2 Å². The lowest BCUT2D eigenvalue weighted by Crippen LogP contribution is -2.48. The minimum atomic E-state index is -0.150. The third-order valence-corrected chi connectivity index (χ3v) is 4.58. The highest BCUT2D eigenvalue weighted by atomic mass is 35.5. The van der Waals surface area contributed by atoms with Crippen LogP contribution in [0.2, 0.25) is 0 Å². The van der Waals surface area contributed by atoms with Crippen molar-refractivity contribution in [1.82, 2.24) is 9.88 Å². The molecule has 1 aliphatic rings. The smallest absolute Gasteiger partial charge is 0.255 e. The van der Waals surface area contributed by atoms with Gasteiger partial charge in [0, 0.05) is 43.5 Å². The van der Waals surface area contributed by atoms with Gasteiger partial charge in [-0.1, -0.05) is 0 Å². The molecular formula is C19H27Cl2N5O. The molecule has 1 fully saturated rings. The summed E-state index contributed by atoms with van der Waals surface area (Å²) in [5.41, 5.74) is 7.97. The second-order valence-electron chi connectivity index (χ2n) is 6.59. The van der Waals surface area contributed by atoms with Crippen molar-refractivity contribution in [2.24, 2.45) is 0 Å². The van der Waals surface area contributed by atoms with E-state index in [0.29, 0.717) is 23.1 Å². The largest absolute Gasteiger partial charge is 0.384 e. The molecule has 0 atom stereocenters. The maximum atomic E-state index is 12.3. The number of nitrogens with zero attached hydrogens (tertiary/aromatic N) is 3. The maximum Gasteiger partial charge on any atom is 0.255 e. The third-order valence-electron chi connectivity index (χ3n) is 4.58. The zero-order chi connectivity index (χ0) is 17.8. The number of amides is 1. The normalized spacial score (nSPS) is 14.3. The van der Waals surface area contributed by atoms with Crippen molar-refractivity contribution in [3.05, 3.63) is 48.2 Å². The molecule has 27 heavy (non-hydrogen) atoms. The van der Waals surface area contributed by atoms with Crippen LogP contribution in [0, 0.1) is 0 Å². The average Bonchev–Trinajstić information content (AvgIpc) is 2.64. The molecule has 1 amide bonds. The van der Waals surface area contributed by atoms with Crippen molar-refractivity contribution in [3.63, 3.8) is 0 Å². The van der Waals surface area contributed by atoms with Crippen LogP contribution in [-0.4, -0.2) is 48.0 Å². The molecule has 0 bridgehead atoms. The van der Waals surface area contributed by atoms with Crippen molar-refractivity contribution >= 4 is 47.9 Å². The zero-order valence-corrected chi connectivity index (χ0v) is 17.2. The Morgan fingerprint density at radius 2 is 1.67 bits per heavy atom. The lowest BCUT2D eigenvalue weighted by molar-refractivity contribution is 0.102. The van der Waals surface area contributed by atoms with Gasteiger partial charge in [0.05, 0.1) is 11.9 Å². The first-order valence-corrected chi connectivity index (χ1v) is 8.65. The summed E-state index contributed by atoms with van der Waals surface area (Å²) in [5.74, 6) is 0.280. The Labute approximate surface area is 172 Å². The van der Waals surface area contributed by atoms with E-state index in [2.05, 4.69) is 33.9 Å². The van der Waals surface area contributed by atoms with Crippen LogP contribution in [0.5, 0.6) is 0 Å². The zero-order valence-electron chi connectivity index (χ0n) is 15.6. The molecule has 2 heterocycles. The fourth-order valence-corrected chi connectivity index (χ4v) is 3.00. The highest BCUT2D eigenvalue weighted by Gasteiger charge is 2.19. The molecule has 1 aromatic carbocycles. The summed E-state index contributed by atoms with van der Waals surface area (Å²) in [7, 11) is 0. The minimum Gasteiger partial charge on any atom is -0.384 e. The SMILES string of the molecule is CC(C)N1CCN(c2ccc(C(=O)Nc3ccc(N)nc3)cc2)CC1.Cl.Cl. The summed E-state index contributed by atoms with van der Waals surface area (Å²) in [6.07, 6.45) is 1.55. The first kappa shape index (κ1) is 23.0. The van der Waals surface area contributed by atoms with Crippen molar-refractivity contribution in [2.75, 3.05) is 42.1 Å². The van der Waals surface area contributed by atoms with Crippen LogP contribution < -0.4 is 16.0 Å². The predicted octanol–water partition coefficient (Wildman–Crippen LogP) is 3.29. The van der Waals surface area contributed by atoms with Gasteiger partial charge in [0.15, 0.2) is 0 Å². The summed E-state index contributed by atoms with van der Waals surface area (Å²) in [6.45, 7) is 8.65. The lowest BCUT2D eigenvalue weighted by atomic mass is 10.1. The van der Waals surface area contributed by atoms with Crippen LogP contribution in [0.25, 0.3) is 0 Å². The number of hydrogen-bond acceptors (Lipinski definition) is 5. The first-order valence-electron chi connectivity index (χ1n) is 8.65. The summed E-state index contributed by atoms with van der Waals surface area (Å²) >= 11 is 0. The van der Waals surface area contributed by atoms with Crippen LogP contribution in [0.15, 0.2) is 42.6 Å². The molecule has 1 saturated heterocycles. The van der Waals surface area contributed by atoms with E-state index in [9.17, 15) is 4.79 Å². The Morgan fingerprint density at radius 3 is 2.19 bits per heavy atom. The number of hydrogen-bond donors (Lipinski definition) is 2. The van der Waals surface area contributed by atoms with Gasteiger partial charge in [-0.05, 0) is 50.2 Å². The van der Waals surface area contributed by atoms with E-state index in [0.717, 1.165) is 31.9 Å². The predicted molar refractivity (Wildman–Crippen MR) is 116 cm³/mol. The fourth-order valence-electron chi connectivity index (χ4n) is 3.00. The number of anilines is 3. The molecule has 2 aromatic rings. The van der Waals surface area contributed by atoms with Gasteiger partial charge in [0.25, 0.3) is 5.91 Å². The monoisotopic (exact) mass is 411 g/mol. The second kappa shape index (κ2) is 10.3. The minimum absolute atomic E-state index is 0. The number of nitrogens with two attached hydrogens (primary N) is 1. The number of carbonyl (C=O) groups excluding carboxylic acids is 1. The summed E-state index contributed by atoms with van der Waals surface area (Å²) in [6, 6.07) is 11.8. The van der Waals surface area contributed by atoms with Crippen LogP contribution in [0.4, 0.5) is 17.2 Å². The molecule has 1 aliphatic heterocycles. The van der Waals surface area contributed by atoms with Crippen molar-refractivity contribution < 1.29 is 4.79 Å². The highest BCUT2D eigenvalue weighted by molar-refractivity contribution is 6.04. The van der Waals surface area contributed by atoms with E-state index in [-0.39, 0.29) is 30.7 Å². The molecule has 0 radical (unpaired) electrons. The van der Waals surface area contributed by atoms with Crippen LogP contribution in [0.3, 0.4) is 0 Å². The number of aromatic nitrogens is 1. The fraction of sp³-hybridized carbons (Fsp3) is 0.368. The molecule has 6 nitrogen and oxygen atoms in total. The van der Waals surface area contributed by atoms with E-state index in [1.165, 1.54) is 0 Å². The van der Waals surface area contributed by atoms with Crippen molar-refractivity contribution in [2.45, 2.75) is 19.9 Å². The van der Waals surface area contributed by atoms with Crippen molar-refractivity contribution in [3.8, 4) is 0 Å². The van der Waals surface area contributed by atoms with Crippen LogP contribution >= 0.6 is 24.8 Å². The standard InChI is InChI=1S/C19H25N5O.2ClH/c1-14(2)23-9-11-24(12-10-23)17-6-3-15(4-7-17)19(25)22-16-5-8-18(20)21-13-16;;/h3-8,13-14H,9-12H2,1-2H3,(H2,20,21)(H,22,25);2*1H. The summed E-state index contributed by atoms with van der Waals surface area (Å²) < 4.78 is 0. The number of rotatable bonds is 4.